The number of hydrogen-bond acceptors (Lipinski definition) is 2. The molecule has 630 valence electrons. The third-order valence-corrected chi connectivity index (χ3v) is 28.5. The van der Waals surface area contributed by atoms with Gasteiger partial charge in [-0.15, -0.1) is 0 Å². The second-order valence-corrected chi connectivity index (χ2v) is 35.7. The van der Waals surface area contributed by atoms with Gasteiger partial charge in [0.25, 0.3) is 0 Å². The maximum Gasteiger partial charge on any atom is 0.0652 e. The quantitative estimate of drug-likeness (QED) is 0.114. The van der Waals surface area contributed by atoms with Crippen molar-refractivity contribution < 1.29 is 19.2 Å². The van der Waals surface area contributed by atoms with Gasteiger partial charge in [-0.3, -0.25) is 0 Å². The molecule has 2 aliphatic rings. The smallest absolute Gasteiger partial charge is 0.0652 e. The van der Waals surface area contributed by atoms with Gasteiger partial charge in [0.05, 0.1) is 91.9 Å². The highest BCUT2D eigenvalue weighted by Gasteiger charge is 2.45. The third-order valence-electron chi connectivity index (χ3n) is 28.5. The number of fused-ring (bicyclic) bond motifs is 22. The molecule has 2 aliphatic heterocycles. The second kappa shape index (κ2) is 29.8. The largest absolute Gasteiger partial charge is 0.309 e. The number of aromatic nitrogens is 3. The normalized spacial score (nSPS) is 14.5. The molecule has 23 aromatic carbocycles. The molecule has 0 N–H and O–H groups in total. The average Bonchev–Trinajstić information content (AvgIpc) is 1.03. The summed E-state index contributed by atoms with van der Waals surface area (Å²) in [6.45, 7) is 0. The van der Waals surface area contributed by atoms with Gasteiger partial charge < -0.3 is 23.3 Å². The predicted molar refractivity (Wildman–Crippen MR) is 574 cm³/mol. The van der Waals surface area contributed by atoms with Crippen LogP contribution < -0.4 is 9.80 Å². The van der Waals surface area contributed by atoms with Gasteiger partial charge in [-0.05, 0) is 224 Å². The van der Waals surface area contributed by atoms with E-state index in [0.717, 1.165) is 182 Å². The predicted octanol–water partition coefficient (Wildman–Crippen LogP) is 35.7. The van der Waals surface area contributed by atoms with Crippen LogP contribution in [0.3, 0.4) is 0 Å². The Kier molecular flexibility index (Phi) is 13.8. The SMILES string of the molecule is [2H]c1c([2H])c([2H])c2c(c1[2H])c1c([2H])c([2H])c(-c3ccccc3)c([2H])c1n2-c1ccc2c(c1)N(c1c(-c3ccccc3)cccc1-c1cc3ccccc3c3ccccc13)c1cc(-c3ccc4c(c3)c3cccc5c6ccccc6n4c53)cc3c1C2c1ccc(-n2c4c([2H])c([2H])c([2H])c([2H])c4c4c([2H])c([2H])c(-c5ccccc5)c([2H])c42)cc1N3c1c(-c2ccccc2)cc(-c2ccccc2)cc1-c1cc2ccccc2c2ccccc12. The summed E-state index contributed by atoms with van der Waals surface area (Å²) in [6, 6.07) is 133. The van der Waals surface area contributed by atoms with Gasteiger partial charge in [-0.1, -0.05) is 382 Å². The number of nitrogens with zero attached hydrogens (tertiary/aromatic N) is 5. The molecule has 0 saturated heterocycles. The molecule has 1 atom stereocenters. The summed E-state index contributed by atoms with van der Waals surface area (Å²) >= 11 is 0. The fraction of sp³-hybridized carbons (Fsp3) is 0.00763. The highest BCUT2D eigenvalue weighted by atomic mass is 15.2. The lowest BCUT2D eigenvalue weighted by Gasteiger charge is -2.47. The minimum Gasteiger partial charge on any atom is -0.309 e. The standard InChI is InChI=1S/C131H81N5/c1-6-32-81(33-7-1)87-60-65-105-102-50-24-27-57-117(102)132(121(105)75-87)93-63-67-110-123(79-93)135(129-97(84-38-12-4-13-39-84)53-30-55-108(129)113-71-89-42-16-18-44-95(89)98-46-20-22-48-100(98)113)125-77-92(86-62-69-120-115(70-86)109-56-31-54-107-104-52-26-29-59-119(104)134(120)130(107)109)78-126-128(125)127(110)111-68-64-94(133-118-58-28-25-51-103(118)106-66-61-88(76-122(106)133)82-34-8-2-9-35-82)80-124(111)136(126)131-112(85-40-14-5-15-41-85)73-91(83-36-10-3-11-37-83)74-116(131)114-72-90-43-17-19-45-96(90)99-47-21-23-49-101(99)114/h1-80,127H/i24D,25D,27D,28D,50D,51D,57D,58D,60D,61D,65D,66D,75D,76D. The van der Waals surface area contributed by atoms with Gasteiger partial charge in [0.1, 0.15) is 0 Å². The lowest BCUT2D eigenvalue weighted by Crippen LogP contribution is -2.30. The van der Waals surface area contributed by atoms with E-state index in [0.29, 0.717) is 39.6 Å². The molecule has 29 rings (SSSR count). The van der Waals surface area contributed by atoms with E-state index in [1.54, 1.807) is 33.4 Å². The topological polar surface area (TPSA) is 20.8 Å². The first-order valence-corrected chi connectivity index (χ1v) is 46.1. The third kappa shape index (κ3) is 11.4. The van der Waals surface area contributed by atoms with Gasteiger partial charge in [-0.25, -0.2) is 0 Å². The molecule has 4 aromatic heterocycles. The number of hydrogen-bond donors (Lipinski definition) is 0. The molecule has 136 heavy (non-hydrogen) atoms. The Morgan fingerprint density at radius 2 is 0.603 bits per heavy atom. The van der Waals surface area contributed by atoms with Crippen LogP contribution in [-0.2, 0) is 0 Å². The van der Waals surface area contributed by atoms with E-state index in [1.165, 1.54) is 0 Å². The Morgan fingerprint density at radius 3 is 1.15 bits per heavy atom. The van der Waals surface area contributed by atoms with E-state index < -0.39 is 54.3 Å². The van der Waals surface area contributed by atoms with E-state index in [9.17, 15) is 19.2 Å². The van der Waals surface area contributed by atoms with Crippen LogP contribution in [0, 0.1) is 0 Å². The van der Waals surface area contributed by atoms with Crippen molar-refractivity contribution in [2.24, 2.45) is 0 Å². The highest BCUT2D eigenvalue weighted by Crippen LogP contribution is 2.66. The molecule has 0 fully saturated rings. The number of rotatable bonds is 12. The van der Waals surface area contributed by atoms with Crippen LogP contribution in [0.2, 0.25) is 0 Å². The van der Waals surface area contributed by atoms with Crippen LogP contribution >= 0.6 is 0 Å². The highest BCUT2D eigenvalue weighted by molar-refractivity contribution is 6.25. The molecule has 0 aliphatic carbocycles. The molecule has 27 aromatic rings. The van der Waals surface area contributed by atoms with Crippen LogP contribution in [0.1, 0.15) is 41.8 Å². The molecule has 5 heteroatoms. The zero-order valence-electron chi connectivity index (χ0n) is 86.9. The number of para-hydroxylation sites is 5. The van der Waals surface area contributed by atoms with Crippen LogP contribution in [0.25, 0.3) is 225 Å². The summed E-state index contributed by atoms with van der Waals surface area (Å²) in [5, 5.41) is 12.4. The Balaban J connectivity index is 0.842. The number of anilines is 6. The second-order valence-electron chi connectivity index (χ2n) is 35.7. The molecule has 0 radical (unpaired) electrons. The summed E-state index contributed by atoms with van der Waals surface area (Å²) in [7, 11) is 0. The summed E-state index contributed by atoms with van der Waals surface area (Å²) in [6.07, 6.45) is 0. The number of benzene rings is 23. The Labute approximate surface area is 804 Å². The molecular formula is C131H81N5. The minimum atomic E-state index is -0.862. The van der Waals surface area contributed by atoms with Gasteiger partial charge >= 0.3 is 0 Å². The van der Waals surface area contributed by atoms with E-state index >= 15 is 0 Å². The molecule has 0 amide bonds. The monoisotopic (exact) mass is 1740 g/mol. The molecular weight excluding hydrogens is 1640 g/mol. The van der Waals surface area contributed by atoms with E-state index in [2.05, 4.69) is 324 Å². The van der Waals surface area contributed by atoms with Crippen molar-refractivity contribution in [2.75, 3.05) is 9.80 Å². The van der Waals surface area contributed by atoms with Gasteiger partial charge in [0.2, 0.25) is 0 Å². The first kappa shape index (κ1) is 63.2. The zero-order chi connectivity index (χ0) is 101. The van der Waals surface area contributed by atoms with Crippen LogP contribution in [0.5, 0.6) is 0 Å². The van der Waals surface area contributed by atoms with Crippen LogP contribution in [0.4, 0.5) is 34.1 Å². The summed E-state index contributed by atoms with van der Waals surface area (Å²) < 4.78 is 148. The summed E-state index contributed by atoms with van der Waals surface area (Å²) in [5.74, 6) is -0.862. The van der Waals surface area contributed by atoms with Crippen LogP contribution in [-0.4, -0.2) is 13.5 Å². The minimum absolute atomic E-state index is 0.00109. The summed E-state index contributed by atoms with van der Waals surface area (Å²) in [4.78, 5) is 4.88. The van der Waals surface area contributed by atoms with Gasteiger partial charge in [0.15, 0.2) is 0 Å². The van der Waals surface area contributed by atoms with Crippen molar-refractivity contribution in [1.29, 1.82) is 0 Å². The zero-order valence-corrected chi connectivity index (χ0v) is 72.9. The first-order valence-electron chi connectivity index (χ1n) is 53.1. The molecule has 1 unspecified atom stereocenters. The maximum absolute atomic E-state index is 10.9. The fourth-order valence-corrected chi connectivity index (χ4v) is 22.7. The van der Waals surface area contributed by atoms with Crippen LogP contribution in [0.15, 0.2) is 485 Å². The van der Waals surface area contributed by atoms with Crippen molar-refractivity contribution in [1.82, 2.24) is 13.5 Å². The van der Waals surface area contributed by atoms with Crippen molar-refractivity contribution in [2.45, 2.75) is 5.92 Å². The molecule has 6 heterocycles. The van der Waals surface area contributed by atoms with Gasteiger partial charge in [-0.2, -0.15) is 0 Å². The average molecular weight is 1740 g/mol. The molecule has 0 spiro atoms. The Hall–Kier alpha value is -17.9. The maximum atomic E-state index is 10.9. The van der Waals surface area contributed by atoms with Crippen molar-refractivity contribution in [3.8, 4) is 100 Å². The molecule has 0 bridgehead atoms. The van der Waals surface area contributed by atoms with Gasteiger partial charge in [0, 0.05) is 88.2 Å². The van der Waals surface area contributed by atoms with E-state index in [4.69, 9.17) is 0 Å². The van der Waals surface area contributed by atoms with E-state index in [-0.39, 0.29) is 91.0 Å². The molecule has 0 saturated carbocycles. The van der Waals surface area contributed by atoms with E-state index in [1.807, 2.05) is 66.7 Å². The van der Waals surface area contributed by atoms with Crippen molar-refractivity contribution in [3.63, 3.8) is 0 Å². The first-order chi connectivity index (χ1) is 73.3. The summed E-state index contributed by atoms with van der Waals surface area (Å²) in [5.41, 5.74) is 22.2. The van der Waals surface area contributed by atoms with Crippen molar-refractivity contribution >= 4 is 159 Å². The Bertz CT molecular complexity index is 10600. The lowest BCUT2D eigenvalue weighted by atomic mass is 9.74. The van der Waals surface area contributed by atoms with Crippen molar-refractivity contribution in [3.05, 3.63) is 502 Å². The fourth-order valence-electron chi connectivity index (χ4n) is 22.7. The lowest BCUT2D eigenvalue weighted by molar-refractivity contribution is 0.906. The molecule has 5 nitrogen and oxygen atoms in total. The Morgan fingerprint density at radius 1 is 0.199 bits per heavy atom.